The smallest absolute Gasteiger partial charge is 0.870 e. The first kappa shape index (κ1) is 122. The number of fused-ring (bicyclic) bond motifs is 8. The molecular formula is C110H137Cl5IKN4O20. The number of aliphatic hydroxyl groups excluding tert-OH is 4. The number of hydrogen-bond donors (Lipinski definition) is 6. The van der Waals surface area contributed by atoms with Crippen molar-refractivity contribution in [3.8, 4) is 23.0 Å². The summed E-state index contributed by atoms with van der Waals surface area (Å²) in [7, 11) is 2.71. The van der Waals surface area contributed by atoms with Crippen molar-refractivity contribution in [1.29, 1.82) is 0 Å². The second-order valence-corrected chi connectivity index (χ2v) is 38.1. The molecule has 760 valence electrons. The number of aliphatic hydroxyl groups is 4. The van der Waals surface area contributed by atoms with Gasteiger partial charge in [0.25, 0.3) is 0 Å². The largest absolute Gasteiger partial charge is 1.00 e. The summed E-state index contributed by atoms with van der Waals surface area (Å²) in [5.41, 5.74) is 25.7. The number of ether oxygens (including phenoxy) is 7. The maximum absolute atomic E-state index is 12.1. The summed E-state index contributed by atoms with van der Waals surface area (Å²) in [5, 5.41) is 53.3. The number of alkyl halides is 1. The summed E-state index contributed by atoms with van der Waals surface area (Å²) in [5.74, 6) is 1.50. The van der Waals surface area contributed by atoms with Crippen molar-refractivity contribution in [3.63, 3.8) is 0 Å². The number of carbonyl (C=O) groups is 6. The van der Waals surface area contributed by atoms with Gasteiger partial charge in [-0.3, -0.25) is 24.0 Å². The third-order valence-electron chi connectivity index (χ3n) is 25.0. The van der Waals surface area contributed by atoms with E-state index in [1.807, 2.05) is 116 Å². The van der Waals surface area contributed by atoms with Crippen molar-refractivity contribution in [1.82, 2.24) is 20.2 Å². The molecule has 0 aliphatic carbocycles. The Hall–Kier alpha value is -7.60. The molecule has 24 nitrogen and oxygen atoms in total. The van der Waals surface area contributed by atoms with Gasteiger partial charge in [-0.25, -0.2) is 0 Å². The minimum atomic E-state index is -0.991. The van der Waals surface area contributed by atoms with Crippen molar-refractivity contribution >= 4 is 140 Å². The van der Waals surface area contributed by atoms with E-state index >= 15 is 0 Å². The van der Waals surface area contributed by atoms with Crippen LogP contribution in [0.1, 0.15) is 217 Å². The number of carbonyl (C=O) groups excluding carboxylic acids is 5. The van der Waals surface area contributed by atoms with E-state index in [0.717, 1.165) is 208 Å². The molecule has 8 aromatic carbocycles. The Morgan fingerprint density at radius 3 is 1.02 bits per heavy atom. The van der Waals surface area contributed by atoms with Crippen molar-refractivity contribution < 1.29 is 149 Å². The molecule has 4 fully saturated rings. The van der Waals surface area contributed by atoms with E-state index in [1.165, 1.54) is 79.6 Å². The summed E-state index contributed by atoms with van der Waals surface area (Å²) < 4.78 is 39.1. The quantitative estimate of drug-likeness (QED) is 0.00833. The summed E-state index contributed by atoms with van der Waals surface area (Å²) in [6, 6.07) is 48.8. The zero-order valence-corrected chi connectivity index (χ0v) is 91.7. The molecule has 0 saturated carbocycles. The number of halogens is 6. The Kier molecular flexibility index (Phi) is 51.3. The summed E-state index contributed by atoms with van der Waals surface area (Å²) >= 11 is 27.3. The van der Waals surface area contributed by atoms with E-state index in [1.54, 1.807) is 32.8 Å². The fourth-order valence-corrected chi connectivity index (χ4v) is 18.7. The minimum Gasteiger partial charge on any atom is -0.870 e. The van der Waals surface area contributed by atoms with Gasteiger partial charge < -0.3 is 88.9 Å². The number of methoxy groups -OCH3 is 2. The molecule has 141 heavy (non-hydrogen) atoms. The molecular weight excluding hydrogens is 2040 g/mol. The van der Waals surface area contributed by atoms with E-state index < -0.39 is 28.2 Å². The predicted octanol–water partition coefficient (Wildman–Crippen LogP) is 18.0. The minimum absolute atomic E-state index is 0. The number of likely N-dealkylation sites (tertiary alicyclic amines) is 2. The molecule has 0 spiro atoms. The molecule has 16 rings (SSSR count). The summed E-state index contributed by atoms with van der Waals surface area (Å²) in [6.45, 7) is 26.1. The van der Waals surface area contributed by atoms with Crippen LogP contribution in [0.2, 0.25) is 20.1 Å². The standard InChI is InChI=1S/C27H32ClNO4.C26H28ClNO5.C26H30ClNO4.C21H22ClNO2.C6H10O3.C2H6O.CH3I.CH4.ClH.K.H2O/c1-27(2,26(31)32-3)17-29-11-8-19(9-12-29)25-22-6-5-21(28)15-20(22)16-33-24-7-4-18(10-13-30)14-23(24)25;1-3-25(30)33-28-11-8-19(9-12-28)26-22-6-5-21(27)15-20(22)16-32-24-7-4-18(14-23(24)26)10-13-31-17(2)29;1-26(2,25(30)31)16-28-10-7-18(8-11-28)24-21-5-4-20(27)14-19(21)15-32-23-6-3-17(9-12-29)13-22(23)24;22-17-2-3-18-16(12-17)13-25-20-4-1-14(7-10-24)11-19(20)21(18)15-5-8-23-9-6-15;1-6(2,4-7)5(8)9-3;1-2-3;1-2;;;;/h4-7,14-15,30H,8-13,16-17H2,1-3H3;4-7,14-15H,3,8-13,16H2,1-2H3;3-6,13-14,29H,7-12,15-16H2,1-2H3,(H,30,31);1-4,11-12,23-24H,5-10,13H2;4H,1-3H3;3H,2H2,1H3;1H3;1H4;1H;;1H2/q;;;;;;;;;+1;/p-1. The molecule has 31 heteroatoms. The average molecular weight is 2180 g/mol. The second kappa shape index (κ2) is 59.3. The van der Waals surface area contributed by atoms with Crippen LogP contribution in [0.3, 0.4) is 0 Å². The van der Waals surface area contributed by atoms with Gasteiger partial charge in [-0.2, -0.15) is 0 Å². The van der Waals surface area contributed by atoms with Crippen molar-refractivity contribution in [2.45, 2.75) is 180 Å². The van der Waals surface area contributed by atoms with Gasteiger partial charge >= 0.3 is 81.2 Å². The Balaban J connectivity index is 0.000000274. The third kappa shape index (κ3) is 33.7. The number of carboxylic acid groups (broad SMARTS) is 1. The zero-order valence-electron chi connectivity index (χ0n) is 82.6. The van der Waals surface area contributed by atoms with Crippen LogP contribution < -0.4 is 75.6 Å². The average Bonchev–Trinajstić information content (AvgIpc) is 1.70. The molecule has 4 saturated heterocycles. The Bertz CT molecular complexity index is 5690. The summed E-state index contributed by atoms with van der Waals surface area (Å²) in [6.07, 6.45) is 10.7. The molecule has 8 aliphatic heterocycles. The summed E-state index contributed by atoms with van der Waals surface area (Å²) in [4.78, 5) is 79.3. The fourth-order valence-electron chi connectivity index (χ4n) is 17.9. The van der Waals surface area contributed by atoms with Crippen LogP contribution in [0.25, 0.3) is 22.3 Å². The number of rotatable bonds is 19. The molecule has 0 bridgehead atoms. The Morgan fingerprint density at radius 2 is 0.745 bits per heavy atom. The van der Waals surface area contributed by atoms with Crippen molar-refractivity contribution in [2.24, 2.45) is 16.2 Å². The van der Waals surface area contributed by atoms with Gasteiger partial charge in [-0.1, -0.05) is 154 Å². The first-order chi connectivity index (χ1) is 65.8. The predicted molar refractivity (Wildman–Crippen MR) is 564 cm³/mol. The SMILES string of the molecule is C.CC(C)(CN1CCC(=C2c3ccc(Cl)cc3COc3ccc(CCO)cc32)CC1)C(=O)O.CCC(=O)ON1CCC(=C2c3ccc(Cl)cc3COc3ccc(CCOC(C)=O)cc32)CC1.CCO.CI.COC(=O)C(C)(C)C=O.COC(=O)C(C)(C)CN1CCC(=C2c3ccc(Cl)cc3COc3ccc(CCO)cc32)CC1.Cl.OCCc1ccc2c(c1)C(=C1CCNCC1)c1ccc(Cl)cc1CO2.[K+].[OH-]. The number of aliphatic carboxylic acids is 1. The zero-order chi connectivity index (χ0) is 99.3. The van der Waals surface area contributed by atoms with Crippen LogP contribution in [0, 0.1) is 16.2 Å². The van der Waals surface area contributed by atoms with E-state index in [-0.39, 0.29) is 121 Å². The number of carboxylic acids is 1. The van der Waals surface area contributed by atoms with E-state index in [4.69, 9.17) is 84.8 Å². The fraction of sp³-hybridized carbons (Fsp3) is 0.436. The van der Waals surface area contributed by atoms with E-state index in [0.29, 0.717) is 113 Å². The van der Waals surface area contributed by atoms with Crippen LogP contribution in [0.4, 0.5) is 0 Å². The first-order valence-electron chi connectivity index (χ1n) is 46.8. The number of esters is 3. The normalized spacial score (nSPS) is 15.2. The Morgan fingerprint density at radius 1 is 0.447 bits per heavy atom. The molecule has 0 radical (unpaired) electrons. The molecule has 0 aromatic heterocycles. The monoisotopic (exact) mass is 2170 g/mol. The molecule has 8 aromatic rings. The maximum Gasteiger partial charge on any atom is 1.00 e. The van der Waals surface area contributed by atoms with Gasteiger partial charge in [-0.05, 0) is 323 Å². The number of benzene rings is 8. The number of hydrogen-bond acceptors (Lipinski definition) is 23. The van der Waals surface area contributed by atoms with Crippen molar-refractivity contribution in [2.75, 3.05) is 118 Å². The first-order valence-corrected chi connectivity index (χ1v) is 50.4. The van der Waals surface area contributed by atoms with E-state index in [2.05, 4.69) is 91.0 Å². The molecule has 0 atom stereocenters. The molecule has 8 aliphatic rings. The molecule has 7 N–H and O–H groups in total. The number of piperidine rings is 4. The van der Waals surface area contributed by atoms with Crippen LogP contribution >= 0.6 is 81.4 Å². The Labute approximate surface area is 913 Å². The third-order valence-corrected chi connectivity index (χ3v) is 25.9. The van der Waals surface area contributed by atoms with Gasteiger partial charge in [0.2, 0.25) is 0 Å². The molecule has 0 amide bonds. The molecule has 8 heterocycles. The van der Waals surface area contributed by atoms with Crippen LogP contribution in [-0.4, -0.2) is 200 Å². The van der Waals surface area contributed by atoms with Gasteiger partial charge in [0.15, 0.2) is 0 Å². The van der Waals surface area contributed by atoms with Crippen LogP contribution in [0.5, 0.6) is 23.0 Å². The van der Waals surface area contributed by atoms with Gasteiger partial charge in [-0.15, -0.1) is 17.5 Å². The number of nitrogens with one attached hydrogen (secondary N) is 1. The van der Waals surface area contributed by atoms with Gasteiger partial charge in [0.05, 0.1) is 31.7 Å². The second-order valence-electron chi connectivity index (χ2n) is 36.4. The number of nitrogens with zero attached hydrogens (tertiary/aromatic N) is 3. The van der Waals surface area contributed by atoms with Crippen LogP contribution in [0.15, 0.2) is 168 Å². The van der Waals surface area contributed by atoms with Gasteiger partial charge in [0, 0.05) is 141 Å². The van der Waals surface area contributed by atoms with Crippen molar-refractivity contribution in [3.05, 3.63) is 277 Å². The number of hydroxylamine groups is 2. The van der Waals surface area contributed by atoms with Gasteiger partial charge in [0.1, 0.15) is 61.1 Å². The van der Waals surface area contributed by atoms with Crippen LogP contribution in [-0.2, 0) is 99.9 Å². The number of aldehydes is 1. The molecule has 0 unspecified atom stereocenters. The van der Waals surface area contributed by atoms with E-state index in [9.17, 15) is 49.2 Å². The maximum atomic E-state index is 12.1. The topological polar surface area (TPSA) is 329 Å².